The van der Waals surface area contributed by atoms with Crippen molar-refractivity contribution in [3.63, 3.8) is 0 Å². The molecule has 0 atom stereocenters. The molecule has 1 fully saturated rings. The first-order valence-corrected chi connectivity index (χ1v) is 12.1. The van der Waals surface area contributed by atoms with Crippen LogP contribution >= 0.6 is 35.3 Å². The van der Waals surface area contributed by atoms with Gasteiger partial charge in [-0.2, -0.15) is 4.31 Å². The van der Waals surface area contributed by atoms with E-state index in [0.717, 1.165) is 29.6 Å². The Morgan fingerprint density at radius 1 is 1.30 bits per heavy atom. The Bertz CT molecular complexity index is 922. The van der Waals surface area contributed by atoms with E-state index < -0.39 is 10.0 Å². The molecule has 168 valence electrons. The van der Waals surface area contributed by atoms with Gasteiger partial charge < -0.3 is 14.7 Å². The number of rotatable bonds is 7. The lowest BCUT2D eigenvalue weighted by molar-refractivity contribution is 0.260. The Morgan fingerprint density at radius 3 is 2.60 bits per heavy atom. The Morgan fingerprint density at radius 2 is 2.03 bits per heavy atom. The van der Waals surface area contributed by atoms with Gasteiger partial charge >= 0.3 is 0 Å². The molecule has 0 bridgehead atoms. The van der Waals surface area contributed by atoms with Crippen molar-refractivity contribution in [2.24, 2.45) is 4.99 Å². The third-order valence-corrected chi connectivity index (χ3v) is 7.63. The van der Waals surface area contributed by atoms with Crippen molar-refractivity contribution in [3.05, 3.63) is 33.6 Å². The van der Waals surface area contributed by atoms with Crippen molar-refractivity contribution in [1.29, 1.82) is 0 Å². The van der Waals surface area contributed by atoms with Crippen LogP contribution < -0.4 is 5.32 Å². The van der Waals surface area contributed by atoms with E-state index in [1.807, 2.05) is 20.8 Å². The van der Waals surface area contributed by atoms with Gasteiger partial charge in [0.05, 0.1) is 16.4 Å². The lowest BCUT2D eigenvalue weighted by Crippen LogP contribution is -2.54. The van der Waals surface area contributed by atoms with Crippen molar-refractivity contribution < 1.29 is 12.9 Å². The van der Waals surface area contributed by atoms with Crippen LogP contribution in [0.15, 0.2) is 21.8 Å². The smallest absolute Gasteiger partial charge is 0.220 e. The number of aliphatic imine (C=N–C) groups is 1. The fourth-order valence-electron chi connectivity index (χ4n) is 3.26. The van der Waals surface area contributed by atoms with Gasteiger partial charge in [0.1, 0.15) is 12.0 Å². The molecular weight excluding hydrogens is 539 g/mol. The maximum atomic E-state index is 12.6. The summed E-state index contributed by atoms with van der Waals surface area (Å²) in [6, 6.07) is 1.58. The normalized spacial score (nSPS) is 15.8. The van der Waals surface area contributed by atoms with Gasteiger partial charge in [-0.25, -0.2) is 13.4 Å². The Balaban J connectivity index is 0.00000320. The molecule has 2 aromatic heterocycles. The highest BCUT2D eigenvalue weighted by molar-refractivity contribution is 14.0. The van der Waals surface area contributed by atoms with Crippen LogP contribution in [0.2, 0.25) is 0 Å². The summed E-state index contributed by atoms with van der Waals surface area (Å²) in [7, 11) is -3.40. The van der Waals surface area contributed by atoms with Crippen LogP contribution in [0.5, 0.6) is 0 Å². The summed E-state index contributed by atoms with van der Waals surface area (Å²) >= 11 is 1.72. The lowest BCUT2D eigenvalue weighted by Gasteiger charge is -2.35. The summed E-state index contributed by atoms with van der Waals surface area (Å²) in [5, 5.41) is 8.11. The molecule has 3 rings (SSSR count). The Kier molecular flexibility index (Phi) is 9.50. The van der Waals surface area contributed by atoms with Crippen molar-refractivity contribution in [2.75, 3.05) is 39.3 Å². The molecule has 1 aliphatic rings. The molecule has 30 heavy (non-hydrogen) atoms. The molecule has 0 spiro atoms. The summed E-state index contributed by atoms with van der Waals surface area (Å²) in [6.07, 6.45) is 2.25. The minimum absolute atomic E-state index is 0. The van der Waals surface area contributed by atoms with Gasteiger partial charge in [0.15, 0.2) is 5.96 Å². The predicted molar refractivity (Wildman–Crippen MR) is 129 cm³/mol. The average molecular weight is 569 g/mol. The van der Waals surface area contributed by atoms with Crippen molar-refractivity contribution in [1.82, 2.24) is 24.7 Å². The molecule has 3 heterocycles. The van der Waals surface area contributed by atoms with E-state index in [1.165, 1.54) is 15.4 Å². The number of piperazine rings is 1. The van der Waals surface area contributed by atoms with Crippen molar-refractivity contribution in [3.8, 4) is 0 Å². The molecule has 0 amide bonds. The highest BCUT2D eigenvalue weighted by Crippen LogP contribution is 2.18. The number of guanidine groups is 1. The van der Waals surface area contributed by atoms with Crippen LogP contribution in [0.3, 0.4) is 0 Å². The standard InChI is InChI=1S/C18H28N6O3S2.HI/c1-4-19-18(20-7-5-17-14(2)21-15(3)28-17)23-8-10-24(11-9-23)29(25,26)13-16-6-12-27-22-16;/h6,12H,4-5,7-11,13H2,1-3H3,(H,19,20);1H. The predicted octanol–water partition coefficient (Wildman–Crippen LogP) is 2.02. The first-order chi connectivity index (χ1) is 13.9. The molecule has 9 nitrogen and oxygen atoms in total. The monoisotopic (exact) mass is 568 g/mol. The minimum Gasteiger partial charge on any atom is -0.364 e. The lowest BCUT2D eigenvalue weighted by atomic mass is 10.3. The number of nitrogens with one attached hydrogen (secondary N) is 1. The molecule has 0 saturated carbocycles. The van der Waals surface area contributed by atoms with Crippen LogP contribution in [0.1, 0.15) is 28.2 Å². The number of hydrogen-bond donors (Lipinski definition) is 1. The summed E-state index contributed by atoms with van der Waals surface area (Å²) in [5.74, 6) is 0.700. The second-order valence-electron chi connectivity index (χ2n) is 6.86. The van der Waals surface area contributed by atoms with Crippen LogP contribution in [0.4, 0.5) is 0 Å². The number of hydrogen-bond acceptors (Lipinski definition) is 7. The van der Waals surface area contributed by atoms with Gasteiger partial charge in [-0.3, -0.25) is 4.99 Å². The Hall–Kier alpha value is -1.25. The molecule has 1 N–H and O–H groups in total. The molecule has 12 heteroatoms. The summed E-state index contributed by atoms with van der Waals surface area (Å²) in [5.41, 5.74) is 1.51. The number of sulfonamides is 1. The molecule has 0 radical (unpaired) electrons. The topological polar surface area (TPSA) is 104 Å². The first-order valence-electron chi connectivity index (χ1n) is 9.72. The van der Waals surface area contributed by atoms with Crippen molar-refractivity contribution >= 4 is 51.3 Å². The molecule has 2 aromatic rings. The zero-order valence-electron chi connectivity index (χ0n) is 17.5. The molecule has 1 saturated heterocycles. The van der Waals surface area contributed by atoms with E-state index in [0.29, 0.717) is 38.4 Å². The maximum Gasteiger partial charge on any atom is 0.220 e. The minimum atomic E-state index is -3.40. The molecule has 0 unspecified atom stereocenters. The van der Waals surface area contributed by atoms with Crippen LogP contribution in [-0.4, -0.2) is 73.0 Å². The number of thiazole rings is 1. The molecular formula is C18H29IN6O3S2. The maximum absolute atomic E-state index is 12.6. The number of halogens is 1. The number of aryl methyl sites for hydroxylation is 2. The van der Waals surface area contributed by atoms with Gasteiger partial charge in [0.25, 0.3) is 0 Å². The van der Waals surface area contributed by atoms with Crippen LogP contribution in [0.25, 0.3) is 0 Å². The van der Waals surface area contributed by atoms with E-state index in [2.05, 4.69) is 20.4 Å². The number of nitrogens with zero attached hydrogens (tertiary/aromatic N) is 5. The van der Waals surface area contributed by atoms with Gasteiger partial charge in [0.2, 0.25) is 10.0 Å². The highest BCUT2D eigenvalue weighted by Gasteiger charge is 2.29. The van der Waals surface area contributed by atoms with Crippen LogP contribution in [0, 0.1) is 13.8 Å². The first kappa shape index (κ1) is 25.0. The fraction of sp³-hybridized carbons (Fsp3) is 0.611. The summed E-state index contributed by atoms with van der Waals surface area (Å²) in [6.45, 7) is 9.58. The zero-order chi connectivity index (χ0) is 20.9. The van der Waals surface area contributed by atoms with Gasteiger partial charge in [-0.15, -0.1) is 35.3 Å². The van der Waals surface area contributed by atoms with E-state index >= 15 is 0 Å². The van der Waals surface area contributed by atoms with E-state index in [9.17, 15) is 8.42 Å². The van der Waals surface area contributed by atoms with Crippen molar-refractivity contribution in [2.45, 2.75) is 32.9 Å². The molecule has 0 aromatic carbocycles. The zero-order valence-corrected chi connectivity index (χ0v) is 21.5. The SMILES string of the molecule is CCNC(=NCCc1sc(C)nc1C)N1CCN(S(=O)(=O)Cc2ccon2)CC1.I. The van der Waals surface area contributed by atoms with Gasteiger partial charge in [0, 0.05) is 56.6 Å². The second-order valence-corrected chi connectivity index (χ2v) is 10.1. The number of aromatic nitrogens is 2. The fourth-order valence-corrected chi connectivity index (χ4v) is 5.61. The summed E-state index contributed by atoms with van der Waals surface area (Å²) in [4.78, 5) is 12.6. The van der Waals surface area contributed by atoms with Gasteiger partial charge in [-0.05, 0) is 20.8 Å². The van der Waals surface area contributed by atoms with E-state index in [1.54, 1.807) is 17.4 Å². The third kappa shape index (κ3) is 6.62. The largest absolute Gasteiger partial charge is 0.364 e. The average Bonchev–Trinajstić information content (AvgIpc) is 3.30. The third-order valence-electron chi connectivity index (χ3n) is 4.69. The second kappa shape index (κ2) is 11.4. The molecule has 1 aliphatic heterocycles. The summed E-state index contributed by atoms with van der Waals surface area (Å²) < 4.78 is 31.4. The van der Waals surface area contributed by atoms with E-state index in [-0.39, 0.29) is 29.7 Å². The highest BCUT2D eigenvalue weighted by atomic mass is 127. The quantitative estimate of drug-likeness (QED) is 0.310. The van der Waals surface area contributed by atoms with E-state index in [4.69, 9.17) is 9.52 Å². The van der Waals surface area contributed by atoms with Gasteiger partial charge in [-0.1, -0.05) is 5.16 Å². The molecule has 0 aliphatic carbocycles. The Labute approximate surface area is 199 Å². The van der Waals surface area contributed by atoms with Crippen LogP contribution in [-0.2, 0) is 22.2 Å².